The second-order valence-electron chi connectivity index (χ2n) is 4.43. The fourth-order valence-electron chi connectivity index (χ4n) is 2.16. The Bertz CT molecular complexity index is 456. The molecule has 1 heterocycles. The highest BCUT2D eigenvalue weighted by atomic mass is 16.2. The Kier molecular flexibility index (Phi) is 3.62. The van der Waals surface area contributed by atoms with E-state index in [-0.39, 0.29) is 24.2 Å². The van der Waals surface area contributed by atoms with Crippen molar-refractivity contribution in [3.8, 4) is 0 Å². The molecule has 1 atom stereocenters. The lowest BCUT2D eigenvalue weighted by Crippen LogP contribution is -2.37. The fraction of sp³-hybridized carbons (Fsp3) is 0.385. The minimum Gasteiger partial charge on any atom is -0.312 e. The van der Waals surface area contributed by atoms with Gasteiger partial charge in [0.1, 0.15) is 0 Å². The SMILES string of the molecule is CCc1ccc(N2CC(C(=O)NN)CC2=O)cc1. The number of amides is 2. The van der Waals surface area contributed by atoms with Crippen molar-refractivity contribution < 1.29 is 9.59 Å². The average molecular weight is 247 g/mol. The first-order valence-corrected chi connectivity index (χ1v) is 6.05. The normalized spacial score (nSPS) is 19.1. The maximum Gasteiger partial charge on any atom is 0.239 e. The van der Waals surface area contributed by atoms with Gasteiger partial charge < -0.3 is 4.90 Å². The summed E-state index contributed by atoms with van der Waals surface area (Å²) in [6, 6.07) is 7.83. The Labute approximate surface area is 106 Å². The molecule has 1 saturated heterocycles. The number of hydrogen-bond donors (Lipinski definition) is 2. The maximum atomic E-state index is 11.9. The number of nitrogens with one attached hydrogen (secondary N) is 1. The van der Waals surface area contributed by atoms with Gasteiger partial charge in [-0.1, -0.05) is 19.1 Å². The van der Waals surface area contributed by atoms with Crippen LogP contribution in [0, 0.1) is 5.92 Å². The quantitative estimate of drug-likeness (QED) is 0.466. The summed E-state index contributed by atoms with van der Waals surface area (Å²) in [4.78, 5) is 24.9. The van der Waals surface area contributed by atoms with E-state index >= 15 is 0 Å². The standard InChI is InChI=1S/C13H17N3O2/c1-2-9-3-5-11(6-4-9)16-8-10(7-12(16)17)13(18)15-14/h3-6,10H,2,7-8,14H2,1H3,(H,15,18). The summed E-state index contributed by atoms with van der Waals surface area (Å²) < 4.78 is 0. The molecule has 1 unspecified atom stereocenters. The first-order chi connectivity index (χ1) is 8.65. The summed E-state index contributed by atoms with van der Waals surface area (Å²) in [5, 5.41) is 0. The highest BCUT2D eigenvalue weighted by Crippen LogP contribution is 2.25. The minimum atomic E-state index is -0.353. The number of anilines is 1. The second kappa shape index (κ2) is 5.18. The van der Waals surface area contributed by atoms with Gasteiger partial charge >= 0.3 is 0 Å². The van der Waals surface area contributed by atoms with Crippen molar-refractivity contribution in [3.05, 3.63) is 29.8 Å². The summed E-state index contributed by atoms with van der Waals surface area (Å²) in [5.41, 5.74) is 4.16. The number of nitrogens with zero attached hydrogens (tertiary/aromatic N) is 1. The van der Waals surface area contributed by atoms with E-state index in [4.69, 9.17) is 5.84 Å². The molecule has 1 aromatic rings. The molecule has 1 fully saturated rings. The van der Waals surface area contributed by atoms with Gasteiger partial charge in [0, 0.05) is 18.7 Å². The average Bonchev–Trinajstić information content (AvgIpc) is 2.80. The fourth-order valence-corrected chi connectivity index (χ4v) is 2.16. The number of hydrogen-bond acceptors (Lipinski definition) is 3. The summed E-state index contributed by atoms with van der Waals surface area (Å²) in [5.74, 6) is 4.42. The van der Waals surface area contributed by atoms with Crippen LogP contribution in [0.1, 0.15) is 18.9 Å². The van der Waals surface area contributed by atoms with Gasteiger partial charge in [-0.25, -0.2) is 5.84 Å². The Hall–Kier alpha value is -1.88. The van der Waals surface area contributed by atoms with Crippen LogP contribution in [0.25, 0.3) is 0 Å². The topological polar surface area (TPSA) is 75.4 Å². The maximum absolute atomic E-state index is 11.9. The Morgan fingerprint density at radius 1 is 1.44 bits per heavy atom. The summed E-state index contributed by atoms with van der Waals surface area (Å²) in [6.45, 7) is 2.48. The van der Waals surface area contributed by atoms with E-state index in [1.807, 2.05) is 24.3 Å². The predicted molar refractivity (Wildman–Crippen MR) is 68.6 cm³/mol. The van der Waals surface area contributed by atoms with Gasteiger partial charge in [0.05, 0.1) is 5.92 Å². The number of carbonyl (C=O) groups excluding carboxylic acids is 2. The number of hydrazine groups is 1. The van der Waals surface area contributed by atoms with Crippen molar-refractivity contribution in [2.75, 3.05) is 11.4 Å². The Morgan fingerprint density at radius 2 is 2.11 bits per heavy atom. The first kappa shape index (κ1) is 12.6. The van der Waals surface area contributed by atoms with Gasteiger partial charge in [0.2, 0.25) is 11.8 Å². The third-order valence-corrected chi connectivity index (χ3v) is 3.29. The smallest absolute Gasteiger partial charge is 0.239 e. The van der Waals surface area contributed by atoms with E-state index in [0.29, 0.717) is 6.54 Å². The van der Waals surface area contributed by atoms with Crippen LogP contribution in [-0.4, -0.2) is 18.4 Å². The molecule has 0 radical (unpaired) electrons. The molecular weight excluding hydrogens is 230 g/mol. The first-order valence-electron chi connectivity index (χ1n) is 6.05. The van der Waals surface area contributed by atoms with Crippen LogP contribution in [0.2, 0.25) is 0 Å². The third-order valence-electron chi connectivity index (χ3n) is 3.29. The molecule has 3 N–H and O–H groups in total. The van der Waals surface area contributed by atoms with Crippen LogP contribution >= 0.6 is 0 Å². The lowest BCUT2D eigenvalue weighted by Gasteiger charge is -2.16. The zero-order valence-corrected chi connectivity index (χ0v) is 10.3. The zero-order chi connectivity index (χ0) is 13.1. The number of rotatable bonds is 3. The van der Waals surface area contributed by atoms with Crippen LogP contribution in [-0.2, 0) is 16.0 Å². The van der Waals surface area contributed by atoms with Crippen LogP contribution in [0.5, 0.6) is 0 Å². The van der Waals surface area contributed by atoms with Gasteiger partial charge in [0.25, 0.3) is 0 Å². The van der Waals surface area contributed by atoms with Gasteiger partial charge in [-0.2, -0.15) is 0 Å². The molecule has 0 aromatic heterocycles. The molecule has 1 aliphatic heterocycles. The molecule has 5 heteroatoms. The number of benzene rings is 1. The van der Waals surface area contributed by atoms with Gasteiger partial charge in [-0.3, -0.25) is 15.0 Å². The van der Waals surface area contributed by atoms with E-state index in [9.17, 15) is 9.59 Å². The molecule has 1 aliphatic rings. The van der Waals surface area contributed by atoms with Crippen molar-refractivity contribution in [2.45, 2.75) is 19.8 Å². The highest BCUT2D eigenvalue weighted by molar-refractivity contribution is 6.00. The Morgan fingerprint density at radius 3 is 2.67 bits per heavy atom. The van der Waals surface area contributed by atoms with E-state index in [1.165, 1.54) is 5.56 Å². The van der Waals surface area contributed by atoms with E-state index in [2.05, 4.69) is 12.3 Å². The van der Waals surface area contributed by atoms with Gasteiger partial charge in [-0.15, -0.1) is 0 Å². The zero-order valence-electron chi connectivity index (χ0n) is 10.3. The largest absolute Gasteiger partial charge is 0.312 e. The van der Waals surface area contributed by atoms with Crippen LogP contribution in [0.4, 0.5) is 5.69 Å². The monoisotopic (exact) mass is 247 g/mol. The molecule has 0 aliphatic carbocycles. The minimum absolute atomic E-state index is 0.0344. The van der Waals surface area contributed by atoms with Crippen LogP contribution in [0.3, 0.4) is 0 Å². The van der Waals surface area contributed by atoms with Gasteiger partial charge in [-0.05, 0) is 24.1 Å². The molecule has 96 valence electrons. The molecule has 5 nitrogen and oxygen atoms in total. The summed E-state index contributed by atoms with van der Waals surface area (Å²) >= 11 is 0. The second-order valence-corrected chi connectivity index (χ2v) is 4.43. The van der Waals surface area contributed by atoms with Crippen molar-refractivity contribution in [1.82, 2.24) is 5.43 Å². The van der Waals surface area contributed by atoms with Crippen LogP contribution in [0.15, 0.2) is 24.3 Å². The van der Waals surface area contributed by atoms with Gasteiger partial charge in [0.15, 0.2) is 0 Å². The summed E-state index contributed by atoms with van der Waals surface area (Å²) in [6.07, 6.45) is 1.19. The lowest BCUT2D eigenvalue weighted by atomic mass is 10.1. The molecule has 2 amide bonds. The molecule has 0 spiro atoms. The molecular formula is C13H17N3O2. The molecule has 2 rings (SSSR count). The third kappa shape index (κ3) is 2.36. The van der Waals surface area contributed by atoms with Crippen molar-refractivity contribution in [1.29, 1.82) is 0 Å². The van der Waals surface area contributed by atoms with Crippen LogP contribution < -0.4 is 16.2 Å². The molecule has 0 saturated carbocycles. The number of aryl methyl sites for hydroxylation is 1. The number of nitrogens with two attached hydrogens (primary N) is 1. The van der Waals surface area contributed by atoms with Crippen molar-refractivity contribution in [3.63, 3.8) is 0 Å². The lowest BCUT2D eigenvalue weighted by molar-refractivity contribution is -0.126. The molecule has 18 heavy (non-hydrogen) atoms. The van der Waals surface area contributed by atoms with E-state index < -0.39 is 0 Å². The predicted octanol–water partition coefficient (Wildman–Crippen LogP) is 0.592. The highest BCUT2D eigenvalue weighted by Gasteiger charge is 2.34. The van der Waals surface area contributed by atoms with E-state index in [0.717, 1.165) is 12.1 Å². The van der Waals surface area contributed by atoms with E-state index in [1.54, 1.807) is 4.90 Å². The van der Waals surface area contributed by atoms with Crippen molar-refractivity contribution in [2.24, 2.45) is 11.8 Å². The van der Waals surface area contributed by atoms with Crippen molar-refractivity contribution >= 4 is 17.5 Å². The molecule has 0 bridgehead atoms. The summed E-state index contributed by atoms with van der Waals surface area (Å²) in [7, 11) is 0. The number of carbonyl (C=O) groups is 2. The Balaban J connectivity index is 2.13. The molecule has 1 aromatic carbocycles.